The summed E-state index contributed by atoms with van der Waals surface area (Å²) in [6.07, 6.45) is 3.67. The molecule has 0 spiro atoms. The third-order valence-electron chi connectivity index (χ3n) is 3.08. The minimum absolute atomic E-state index is 0.272. The maximum absolute atomic E-state index is 6.18. The molecular formula is C14H15N3O. The average molecular weight is 241 g/mol. The van der Waals surface area contributed by atoms with Crippen LogP contribution in [0, 0.1) is 6.92 Å². The Hall–Kier alpha value is -2.07. The number of hydrogen-bond acceptors (Lipinski definition) is 3. The summed E-state index contributed by atoms with van der Waals surface area (Å²) in [5.41, 5.74) is 9.22. The second-order valence-corrected chi connectivity index (χ2v) is 4.62. The van der Waals surface area contributed by atoms with Crippen molar-refractivity contribution in [3.63, 3.8) is 0 Å². The predicted octanol–water partition coefficient (Wildman–Crippen LogP) is 2.52. The van der Waals surface area contributed by atoms with Crippen molar-refractivity contribution in [2.24, 2.45) is 12.8 Å². The Labute approximate surface area is 105 Å². The molecule has 0 aliphatic heterocycles. The van der Waals surface area contributed by atoms with Gasteiger partial charge in [-0.05, 0) is 25.1 Å². The predicted molar refractivity (Wildman–Crippen MR) is 70.2 cm³/mol. The number of rotatable bonds is 2. The molecule has 3 rings (SSSR count). The second kappa shape index (κ2) is 3.99. The van der Waals surface area contributed by atoms with Crippen LogP contribution in [0.5, 0.6) is 0 Å². The van der Waals surface area contributed by atoms with Gasteiger partial charge < -0.3 is 10.2 Å². The third-order valence-corrected chi connectivity index (χ3v) is 3.08. The van der Waals surface area contributed by atoms with Gasteiger partial charge in [0.1, 0.15) is 11.3 Å². The van der Waals surface area contributed by atoms with Gasteiger partial charge in [0.05, 0.1) is 12.2 Å². The van der Waals surface area contributed by atoms with Crippen LogP contribution < -0.4 is 5.73 Å². The molecule has 0 saturated heterocycles. The van der Waals surface area contributed by atoms with Gasteiger partial charge >= 0.3 is 0 Å². The highest BCUT2D eigenvalue weighted by Gasteiger charge is 2.15. The zero-order chi connectivity index (χ0) is 12.7. The molecule has 2 aromatic heterocycles. The normalized spacial score (nSPS) is 13.1. The van der Waals surface area contributed by atoms with Crippen molar-refractivity contribution in [3.05, 3.63) is 53.5 Å². The first-order valence-corrected chi connectivity index (χ1v) is 5.88. The molecule has 0 saturated carbocycles. The van der Waals surface area contributed by atoms with E-state index in [0.29, 0.717) is 0 Å². The Bertz CT molecular complexity index is 696. The molecule has 4 nitrogen and oxygen atoms in total. The van der Waals surface area contributed by atoms with Crippen LogP contribution in [-0.2, 0) is 7.05 Å². The molecule has 92 valence electrons. The summed E-state index contributed by atoms with van der Waals surface area (Å²) >= 11 is 0. The molecule has 2 N–H and O–H groups in total. The van der Waals surface area contributed by atoms with Gasteiger partial charge in [-0.3, -0.25) is 4.68 Å². The molecular weight excluding hydrogens is 226 g/mol. The van der Waals surface area contributed by atoms with E-state index < -0.39 is 0 Å². The molecule has 0 amide bonds. The summed E-state index contributed by atoms with van der Waals surface area (Å²) < 4.78 is 7.52. The Kier molecular flexibility index (Phi) is 2.45. The summed E-state index contributed by atoms with van der Waals surface area (Å²) in [6.45, 7) is 2.06. The van der Waals surface area contributed by atoms with Crippen LogP contribution in [0.1, 0.15) is 22.9 Å². The van der Waals surface area contributed by atoms with E-state index in [1.54, 1.807) is 10.9 Å². The molecule has 4 heteroatoms. The first-order valence-electron chi connectivity index (χ1n) is 5.88. The van der Waals surface area contributed by atoms with E-state index in [2.05, 4.69) is 18.1 Å². The Morgan fingerprint density at radius 1 is 1.33 bits per heavy atom. The fourth-order valence-corrected chi connectivity index (χ4v) is 2.10. The van der Waals surface area contributed by atoms with Crippen LogP contribution in [0.25, 0.3) is 11.0 Å². The van der Waals surface area contributed by atoms with Crippen molar-refractivity contribution in [3.8, 4) is 0 Å². The van der Waals surface area contributed by atoms with Crippen LogP contribution >= 0.6 is 0 Å². The summed E-state index contributed by atoms with van der Waals surface area (Å²) in [5, 5.41) is 5.21. The largest absolute Gasteiger partial charge is 0.459 e. The highest BCUT2D eigenvalue weighted by molar-refractivity contribution is 5.78. The van der Waals surface area contributed by atoms with Crippen LogP contribution in [-0.4, -0.2) is 9.78 Å². The summed E-state index contributed by atoms with van der Waals surface area (Å²) in [7, 11) is 1.87. The average Bonchev–Trinajstić information content (AvgIpc) is 2.93. The number of nitrogens with two attached hydrogens (primary N) is 1. The quantitative estimate of drug-likeness (QED) is 0.750. The van der Waals surface area contributed by atoms with Gasteiger partial charge in [0, 0.05) is 24.2 Å². The smallest absolute Gasteiger partial charge is 0.134 e. The molecule has 3 aromatic rings. The highest BCUT2D eigenvalue weighted by Crippen LogP contribution is 2.27. The molecule has 0 bridgehead atoms. The lowest BCUT2D eigenvalue weighted by Crippen LogP contribution is -2.09. The maximum atomic E-state index is 6.18. The van der Waals surface area contributed by atoms with Crippen LogP contribution in [0.15, 0.2) is 41.1 Å². The fraction of sp³-hybridized carbons (Fsp3) is 0.214. The van der Waals surface area contributed by atoms with Gasteiger partial charge in [0.2, 0.25) is 0 Å². The molecule has 0 fully saturated rings. The number of furan rings is 1. The van der Waals surface area contributed by atoms with Gasteiger partial charge in [0.15, 0.2) is 0 Å². The fourth-order valence-electron chi connectivity index (χ4n) is 2.10. The maximum Gasteiger partial charge on any atom is 0.134 e. The van der Waals surface area contributed by atoms with Crippen molar-refractivity contribution in [2.45, 2.75) is 13.0 Å². The molecule has 1 unspecified atom stereocenters. The molecule has 0 radical (unpaired) electrons. The second-order valence-electron chi connectivity index (χ2n) is 4.62. The van der Waals surface area contributed by atoms with E-state index in [4.69, 9.17) is 10.2 Å². The molecule has 1 aromatic carbocycles. The summed E-state index contributed by atoms with van der Waals surface area (Å²) in [5.74, 6) is 0.767. The Morgan fingerprint density at radius 3 is 2.89 bits per heavy atom. The van der Waals surface area contributed by atoms with Gasteiger partial charge in [-0.25, -0.2) is 0 Å². The van der Waals surface area contributed by atoms with Crippen molar-refractivity contribution in [1.29, 1.82) is 0 Å². The first kappa shape index (κ1) is 11.0. The van der Waals surface area contributed by atoms with Gasteiger partial charge in [-0.1, -0.05) is 11.6 Å². The summed E-state index contributed by atoms with van der Waals surface area (Å²) in [6, 6.07) is 7.83. The molecule has 0 aliphatic rings. The summed E-state index contributed by atoms with van der Waals surface area (Å²) in [4.78, 5) is 0. The van der Waals surface area contributed by atoms with E-state index in [-0.39, 0.29) is 6.04 Å². The van der Waals surface area contributed by atoms with E-state index in [9.17, 15) is 0 Å². The van der Waals surface area contributed by atoms with Crippen molar-refractivity contribution >= 4 is 11.0 Å². The van der Waals surface area contributed by atoms with Crippen LogP contribution in [0.4, 0.5) is 0 Å². The van der Waals surface area contributed by atoms with Crippen molar-refractivity contribution in [2.75, 3.05) is 0 Å². The number of nitrogens with zero attached hydrogens (tertiary/aromatic N) is 2. The zero-order valence-corrected chi connectivity index (χ0v) is 10.4. The van der Waals surface area contributed by atoms with Crippen molar-refractivity contribution < 1.29 is 4.42 Å². The monoisotopic (exact) mass is 241 g/mol. The Balaban J connectivity index is 2.03. The highest BCUT2D eigenvalue weighted by atomic mass is 16.3. The van der Waals surface area contributed by atoms with Crippen LogP contribution in [0.2, 0.25) is 0 Å². The number of fused-ring (bicyclic) bond motifs is 1. The third kappa shape index (κ3) is 1.80. The van der Waals surface area contributed by atoms with Gasteiger partial charge in [-0.15, -0.1) is 0 Å². The first-order chi connectivity index (χ1) is 8.63. The number of hydrogen-bond donors (Lipinski definition) is 1. The molecule has 18 heavy (non-hydrogen) atoms. The van der Waals surface area contributed by atoms with Gasteiger partial charge in [0.25, 0.3) is 0 Å². The van der Waals surface area contributed by atoms with Crippen LogP contribution in [0.3, 0.4) is 0 Å². The SMILES string of the molecule is Cc1ccc2oc(C(N)c3cnn(C)c3)cc2c1. The lowest BCUT2D eigenvalue weighted by Gasteiger charge is -2.04. The number of aromatic nitrogens is 2. The molecule has 0 aliphatic carbocycles. The topological polar surface area (TPSA) is 57.0 Å². The Morgan fingerprint density at radius 2 is 2.17 bits per heavy atom. The lowest BCUT2D eigenvalue weighted by atomic mass is 10.1. The standard InChI is InChI=1S/C14H15N3O/c1-9-3-4-12-10(5-9)6-13(18-12)14(15)11-7-16-17(2)8-11/h3-8,14H,15H2,1-2H3. The molecule has 2 heterocycles. The van der Waals surface area contributed by atoms with E-state index in [1.165, 1.54) is 5.56 Å². The minimum atomic E-state index is -0.272. The molecule has 1 atom stereocenters. The minimum Gasteiger partial charge on any atom is -0.459 e. The van der Waals surface area contributed by atoms with Crippen molar-refractivity contribution in [1.82, 2.24) is 9.78 Å². The van der Waals surface area contributed by atoms with Gasteiger partial charge in [-0.2, -0.15) is 5.10 Å². The number of aryl methyl sites for hydroxylation is 2. The zero-order valence-electron chi connectivity index (χ0n) is 10.4. The lowest BCUT2D eigenvalue weighted by molar-refractivity contribution is 0.525. The van der Waals surface area contributed by atoms with E-state index in [0.717, 1.165) is 22.3 Å². The van der Waals surface area contributed by atoms with E-state index in [1.807, 2.05) is 31.4 Å². The number of benzene rings is 1. The van der Waals surface area contributed by atoms with E-state index >= 15 is 0 Å².